The van der Waals surface area contributed by atoms with Gasteiger partial charge in [0, 0.05) is 11.6 Å². The van der Waals surface area contributed by atoms with Gasteiger partial charge in [0.2, 0.25) is 0 Å². The minimum absolute atomic E-state index is 0.0808. The second kappa shape index (κ2) is 6.78. The molecule has 5 nitrogen and oxygen atoms in total. The van der Waals surface area contributed by atoms with Crippen molar-refractivity contribution in [1.82, 2.24) is 10.5 Å². The molecular weight excluding hydrogens is 275 g/mol. The lowest BCUT2D eigenvalue weighted by atomic mass is 10.1. The summed E-state index contributed by atoms with van der Waals surface area (Å²) in [5, 5.41) is 6.23. The molecule has 0 aliphatic rings. The molecule has 0 radical (unpaired) electrons. The Kier molecular flexibility index (Phi) is 4.81. The molecule has 6 heteroatoms. The first-order valence-electron chi connectivity index (χ1n) is 6.63. The molecule has 1 atom stereocenters. The van der Waals surface area contributed by atoms with Gasteiger partial charge >= 0.3 is 0 Å². The molecule has 1 aromatic carbocycles. The van der Waals surface area contributed by atoms with Crippen molar-refractivity contribution in [3.63, 3.8) is 0 Å². The molecule has 0 fully saturated rings. The Balaban J connectivity index is 2.10. The summed E-state index contributed by atoms with van der Waals surface area (Å²) in [7, 11) is 0. The van der Waals surface area contributed by atoms with E-state index in [1.807, 2.05) is 6.92 Å². The SMILES string of the molecule is CCCC(C=O)NC(=O)c1cc(-c2ccc(F)cc2)on1. The number of aromatic nitrogens is 1. The average Bonchev–Trinajstić information content (AvgIpc) is 2.97. The van der Waals surface area contributed by atoms with Gasteiger partial charge in [-0.2, -0.15) is 0 Å². The third-order valence-corrected chi connectivity index (χ3v) is 2.95. The Hall–Kier alpha value is -2.50. The third kappa shape index (κ3) is 3.75. The summed E-state index contributed by atoms with van der Waals surface area (Å²) < 4.78 is 17.9. The van der Waals surface area contributed by atoms with Crippen LogP contribution >= 0.6 is 0 Å². The lowest BCUT2D eigenvalue weighted by molar-refractivity contribution is -0.109. The Labute approximate surface area is 121 Å². The van der Waals surface area contributed by atoms with Gasteiger partial charge in [-0.1, -0.05) is 18.5 Å². The van der Waals surface area contributed by atoms with E-state index in [9.17, 15) is 14.0 Å². The summed E-state index contributed by atoms with van der Waals surface area (Å²) in [6.07, 6.45) is 2.05. The predicted molar refractivity (Wildman–Crippen MR) is 74.1 cm³/mol. The summed E-state index contributed by atoms with van der Waals surface area (Å²) >= 11 is 0. The Bertz CT molecular complexity index is 622. The average molecular weight is 290 g/mol. The molecule has 1 heterocycles. The number of nitrogens with one attached hydrogen (secondary N) is 1. The molecule has 0 bridgehead atoms. The fraction of sp³-hybridized carbons (Fsp3) is 0.267. The molecule has 2 rings (SSSR count). The zero-order chi connectivity index (χ0) is 15.2. The summed E-state index contributed by atoms with van der Waals surface area (Å²) in [5.74, 6) is -0.472. The lowest BCUT2D eigenvalue weighted by Crippen LogP contribution is -2.36. The molecule has 1 aromatic heterocycles. The maximum Gasteiger partial charge on any atom is 0.274 e. The number of benzene rings is 1. The van der Waals surface area contributed by atoms with E-state index in [2.05, 4.69) is 10.5 Å². The van der Waals surface area contributed by atoms with Crippen molar-refractivity contribution in [3.05, 3.63) is 41.8 Å². The number of carbonyl (C=O) groups is 2. The summed E-state index contributed by atoms with van der Waals surface area (Å²) in [5.41, 5.74) is 0.695. The highest BCUT2D eigenvalue weighted by molar-refractivity contribution is 5.94. The van der Waals surface area contributed by atoms with Crippen LogP contribution in [0.3, 0.4) is 0 Å². The normalized spacial score (nSPS) is 11.9. The molecule has 2 aromatic rings. The lowest BCUT2D eigenvalue weighted by Gasteiger charge is -2.09. The van der Waals surface area contributed by atoms with Crippen molar-refractivity contribution in [2.75, 3.05) is 0 Å². The van der Waals surface area contributed by atoms with Gasteiger partial charge in [-0.3, -0.25) is 4.79 Å². The Morgan fingerprint density at radius 2 is 2.14 bits per heavy atom. The van der Waals surface area contributed by atoms with Gasteiger partial charge in [0.15, 0.2) is 11.5 Å². The zero-order valence-corrected chi connectivity index (χ0v) is 11.5. The number of hydrogen-bond donors (Lipinski definition) is 1. The van der Waals surface area contributed by atoms with Crippen LogP contribution in [-0.2, 0) is 4.79 Å². The molecule has 1 unspecified atom stereocenters. The van der Waals surface area contributed by atoms with E-state index in [0.717, 1.165) is 6.42 Å². The summed E-state index contributed by atoms with van der Waals surface area (Å²) in [4.78, 5) is 22.8. The van der Waals surface area contributed by atoms with E-state index in [4.69, 9.17) is 4.52 Å². The molecule has 1 amide bonds. The van der Waals surface area contributed by atoms with E-state index in [-0.39, 0.29) is 11.5 Å². The van der Waals surface area contributed by atoms with Crippen molar-refractivity contribution < 1.29 is 18.5 Å². The van der Waals surface area contributed by atoms with Gasteiger partial charge in [-0.05, 0) is 30.7 Å². The molecule has 0 aliphatic carbocycles. The van der Waals surface area contributed by atoms with Crippen LogP contribution in [0.25, 0.3) is 11.3 Å². The fourth-order valence-corrected chi connectivity index (χ4v) is 1.86. The standard InChI is InChI=1S/C15H15FN2O3/c1-2-3-12(9-19)17-15(20)13-8-14(21-18-13)10-4-6-11(16)7-5-10/h4-9,12H,2-3H2,1H3,(H,17,20). The van der Waals surface area contributed by atoms with Crippen molar-refractivity contribution in [2.45, 2.75) is 25.8 Å². The van der Waals surface area contributed by atoms with Gasteiger partial charge in [-0.15, -0.1) is 0 Å². The molecule has 0 saturated heterocycles. The van der Waals surface area contributed by atoms with Crippen molar-refractivity contribution >= 4 is 12.2 Å². The van der Waals surface area contributed by atoms with Crippen LogP contribution in [0, 0.1) is 5.82 Å². The molecule has 0 spiro atoms. The van der Waals surface area contributed by atoms with Gasteiger partial charge in [-0.25, -0.2) is 4.39 Å². The van der Waals surface area contributed by atoms with Crippen LogP contribution in [0.1, 0.15) is 30.3 Å². The summed E-state index contributed by atoms with van der Waals surface area (Å²) in [6.45, 7) is 1.92. The van der Waals surface area contributed by atoms with Crippen LogP contribution < -0.4 is 5.32 Å². The van der Waals surface area contributed by atoms with Gasteiger partial charge < -0.3 is 14.6 Å². The van der Waals surface area contributed by atoms with E-state index in [1.54, 1.807) is 0 Å². The highest BCUT2D eigenvalue weighted by atomic mass is 19.1. The highest BCUT2D eigenvalue weighted by Gasteiger charge is 2.17. The van der Waals surface area contributed by atoms with Crippen LogP contribution in [0.5, 0.6) is 0 Å². The number of nitrogens with zero attached hydrogens (tertiary/aromatic N) is 1. The number of halogens is 1. The molecule has 21 heavy (non-hydrogen) atoms. The van der Waals surface area contributed by atoms with Gasteiger partial charge in [0.05, 0.1) is 6.04 Å². The van der Waals surface area contributed by atoms with E-state index in [1.165, 1.54) is 30.3 Å². The number of hydrogen-bond acceptors (Lipinski definition) is 4. The van der Waals surface area contributed by atoms with Crippen molar-refractivity contribution in [1.29, 1.82) is 0 Å². The van der Waals surface area contributed by atoms with Crippen LogP contribution in [-0.4, -0.2) is 23.4 Å². The monoisotopic (exact) mass is 290 g/mol. The summed E-state index contributed by atoms with van der Waals surface area (Å²) in [6, 6.07) is 6.57. The van der Waals surface area contributed by atoms with Gasteiger partial charge in [0.1, 0.15) is 12.1 Å². The number of amides is 1. The molecule has 0 saturated carbocycles. The predicted octanol–water partition coefficient (Wildman–Crippen LogP) is 2.58. The zero-order valence-electron chi connectivity index (χ0n) is 11.5. The fourth-order valence-electron chi connectivity index (χ4n) is 1.86. The minimum Gasteiger partial charge on any atom is -0.355 e. The molecule has 110 valence electrons. The number of aldehydes is 1. The van der Waals surface area contributed by atoms with Crippen molar-refractivity contribution in [3.8, 4) is 11.3 Å². The number of rotatable bonds is 6. The first-order chi connectivity index (χ1) is 10.1. The van der Waals surface area contributed by atoms with Crippen LogP contribution in [0.15, 0.2) is 34.9 Å². The maximum atomic E-state index is 12.8. The second-order valence-electron chi connectivity index (χ2n) is 4.59. The Morgan fingerprint density at radius 1 is 1.43 bits per heavy atom. The number of carbonyl (C=O) groups excluding carboxylic acids is 2. The van der Waals surface area contributed by atoms with E-state index >= 15 is 0 Å². The molecule has 0 aliphatic heterocycles. The highest BCUT2D eigenvalue weighted by Crippen LogP contribution is 2.20. The van der Waals surface area contributed by atoms with Crippen LogP contribution in [0.2, 0.25) is 0 Å². The van der Waals surface area contributed by atoms with E-state index in [0.29, 0.717) is 24.0 Å². The quantitative estimate of drug-likeness (QED) is 0.830. The molecule has 1 N–H and O–H groups in total. The first-order valence-corrected chi connectivity index (χ1v) is 6.63. The topological polar surface area (TPSA) is 72.2 Å². The third-order valence-electron chi connectivity index (χ3n) is 2.95. The molecular formula is C15H15FN2O3. The maximum absolute atomic E-state index is 12.8. The van der Waals surface area contributed by atoms with Gasteiger partial charge in [0.25, 0.3) is 5.91 Å². The van der Waals surface area contributed by atoms with Crippen LogP contribution in [0.4, 0.5) is 4.39 Å². The minimum atomic E-state index is -0.534. The second-order valence-corrected chi connectivity index (χ2v) is 4.59. The van der Waals surface area contributed by atoms with E-state index < -0.39 is 11.9 Å². The largest absolute Gasteiger partial charge is 0.355 e. The smallest absolute Gasteiger partial charge is 0.274 e. The first kappa shape index (κ1) is 14.9. The Morgan fingerprint density at radius 3 is 2.76 bits per heavy atom. The van der Waals surface area contributed by atoms with Crippen molar-refractivity contribution in [2.24, 2.45) is 0 Å².